The number of anilines is 2. The van der Waals surface area contributed by atoms with E-state index in [1.54, 1.807) is 4.90 Å². The van der Waals surface area contributed by atoms with Crippen molar-refractivity contribution in [3.63, 3.8) is 0 Å². The molecule has 162 valence electrons. The van der Waals surface area contributed by atoms with Gasteiger partial charge in [-0.2, -0.15) is 0 Å². The molecule has 2 saturated heterocycles. The van der Waals surface area contributed by atoms with Crippen molar-refractivity contribution in [3.8, 4) is 0 Å². The standard InChI is InChI=1S/C24H28N4O3/c29-22(25-20-8-10-21(11-9-20)28-13-4-7-23(28)30)12-14-26-15-17-27(18-16-26)24(31)19-5-2-1-3-6-19/h1-3,5-6,8-11H,4,7,12-18H2,(H,25,29). The minimum atomic E-state index is -0.0345. The molecule has 0 aromatic heterocycles. The number of nitrogens with zero attached hydrogens (tertiary/aromatic N) is 3. The summed E-state index contributed by atoms with van der Waals surface area (Å²) in [5, 5.41) is 2.93. The van der Waals surface area contributed by atoms with E-state index >= 15 is 0 Å². The minimum Gasteiger partial charge on any atom is -0.336 e. The molecule has 0 radical (unpaired) electrons. The normalized spacial score (nSPS) is 17.1. The molecule has 0 unspecified atom stereocenters. The molecule has 2 aromatic rings. The van der Waals surface area contributed by atoms with Gasteiger partial charge in [0.15, 0.2) is 0 Å². The van der Waals surface area contributed by atoms with E-state index in [1.165, 1.54) is 0 Å². The third-order valence-electron chi connectivity index (χ3n) is 5.87. The molecular formula is C24H28N4O3. The number of nitrogens with one attached hydrogen (secondary N) is 1. The van der Waals surface area contributed by atoms with Gasteiger partial charge in [0.2, 0.25) is 11.8 Å². The molecule has 2 fully saturated rings. The highest BCUT2D eigenvalue weighted by Crippen LogP contribution is 2.23. The van der Waals surface area contributed by atoms with Gasteiger partial charge in [0, 0.05) is 69.0 Å². The maximum absolute atomic E-state index is 12.5. The van der Waals surface area contributed by atoms with Crippen molar-refractivity contribution in [2.45, 2.75) is 19.3 Å². The Morgan fingerprint density at radius 2 is 1.58 bits per heavy atom. The van der Waals surface area contributed by atoms with Gasteiger partial charge in [-0.15, -0.1) is 0 Å². The van der Waals surface area contributed by atoms with Crippen LogP contribution in [-0.4, -0.2) is 66.8 Å². The second-order valence-corrected chi connectivity index (χ2v) is 7.99. The number of benzene rings is 2. The Morgan fingerprint density at radius 3 is 2.23 bits per heavy atom. The summed E-state index contributed by atoms with van der Waals surface area (Å²) in [5.74, 6) is 0.187. The topological polar surface area (TPSA) is 73.0 Å². The van der Waals surface area contributed by atoms with Crippen molar-refractivity contribution in [1.82, 2.24) is 9.80 Å². The highest BCUT2D eigenvalue weighted by Gasteiger charge is 2.23. The van der Waals surface area contributed by atoms with Gasteiger partial charge in [-0.25, -0.2) is 0 Å². The van der Waals surface area contributed by atoms with Gasteiger partial charge in [-0.3, -0.25) is 19.3 Å². The molecule has 1 N–H and O–H groups in total. The first-order chi connectivity index (χ1) is 15.1. The zero-order valence-corrected chi connectivity index (χ0v) is 17.6. The lowest BCUT2D eigenvalue weighted by Gasteiger charge is -2.34. The Labute approximate surface area is 182 Å². The zero-order valence-electron chi connectivity index (χ0n) is 17.6. The minimum absolute atomic E-state index is 0.0345. The van der Waals surface area contributed by atoms with Crippen LogP contribution < -0.4 is 10.2 Å². The van der Waals surface area contributed by atoms with E-state index in [0.29, 0.717) is 32.5 Å². The average Bonchev–Trinajstić information content (AvgIpc) is 3.24. The molecule has 31 heavy (non-hydrogen) atoms. The first-order valence-corrected chi connectivity index (χ1v) is 10.9. The largest absolute Gasteiger partial charge is 0.336 e. The molecule has 4 rings (SSSR count). The summed E-state index contributed by atoms with van der Waals surface area (Å²) in [5.41, 5.74) is 2.33. The summed E-state index contributed by atoms with van der Waals surface area (Å²) in [6, 6.07) is 16.8. The van der Waals surface area contributed by atoms with E-state index < -0.39 is 0 Å². The molecule has 7 heteroatoms. The molecule has 0 atom stereocenters. The molecule has 3 amide bonds. The quantitative estimate of drug-likeness (QED) is 0.780. The number of amides is 3. The lowest BCUT2D eigenvalue weighted by Crippen LogP contribution is -2.49. The summed E-state index contributed by atoms with van der Waals surface area (Å²) in [6.07, 6.45) is 1.90. The third kappa shape index (κ3) is 5.30. The van der Waals surface area contributed by atoms with Crippen LogP contribution in [0.4, 0.5) is 11.4 Å². The highest BCUT2D eigenvalue weighted by molar-refractivity contribution is 5.96. The maximum atomic E-state index is 12.5. The Balaban J connectivity index is 1.19. The average molecular weight is 421 g/mol. The summed E-state index contributed by atoms with van der Waals surface area (Å²) >= 11 is 0. The molecule has 0 bridgehead atoms. The van der Waals surface area contributed by atoms with Gasteiger partial charge in [0.1, 0.15) is 0 Å². The SMILES string of the molecule is O=C(CCN1CCN(C(=O)c2ccccc2)CC1)Nc1ccc(N2CCCC2=O)cc1. The molecule has 0 spiro atoms. The number of carbonyl (C=O) groups excluding carboxylic acids is 3. The number of rotatable bonds is 6. The Morgan fingerprint density at radius 1 is 0.871 bits per heavy atom. The molecule has 0 saturated carbocycles. The summed E-state index contributed by atoms with van der Waals surface area (Å²) in [6.45, 7) is 4.31. The van der Waals surface area contributed by atoms with Crippen LogP contribution in [0.1, 0.15) is 29.6 Å². The van der Waals surface area contributed by atoms with Crippen LogP contribution in [0.25, 0.3) is 0 Å². The first-order valence-electron chi connectivity index (χ1n) is 10.9. The molecule has 0 aliphatic carbocycles. The van der Waals surface area contributed by atoms with E-state index in [2.05, 4.69) is 10.2 Å². The molecule has 2 aromatic carbocycles. The van der Waals surface area contributed by atoms with Crippen molar-refractivity contribution in [3.05, 3.63) is 60.2 Å². The van der Waals surface area contributed by atoms with Crippen molar-refractivity contribution in [2.24, 2.45) is 0 Å². The lowest BCUT2D eigenvalue weighted by molar-refractivity contribution is -0.117. The van der Waals surface area contributed by atoms with Crippen molar-refractivity contribution in [1.29, 1.82) is 0 Å². The monoisotopic (exact) mass is 420 g/mol. The molecule has 2 aliphatic heterocycles. The van der Waals surface area contributed by atoms with Crippen LogP contribution in [0.2, 0.25) is 0 Å². The second-order valence-electron chi connectivity index (χ2n) is 7.99. The molecular weight excluding hydrogens is 392 g/mol. The summed E-state index contributed by atoms with van der Waals surface area (Å²) in [7, 11) is 0. The molecule has 2 aliphatic rings. The number of carbonyl (C=O) groups is 3. The van der Waals surface area contributed by atoms with Gasteiger partial charge in [0.05, 0.1) is 0 Å². The number of hydrogen-bond donors (Lipinski definition) is 1. The summed E-state index contributed by atoms with van der Waals surface area (Å²) < 4.78 is 0. The van der Waals surface area contributed by atoms with Gasteiger partial charge in [-0.05, 0) is 42.8 Å². The van der Waals surface area contributed by atoms with Crippen LogP contribution in [0.5, 0.6) is 0 Å². The van der Waals surface area contributed by atoms with Gasteiger partial charge in [0.25, 0.3) is 5.91 Å². The Bertz CT molecular complexity index is 922. The van der Waals surface area contributed by atoms with Crippen molar-refractivity contribution >= 4 is 29.1 Å². The predicted molar refractivity (Wildman–Crippen MR) is 120 cm³/mol. The number of piperazine rings is 1. The van der Waals surface area contributed by atoms with Crippen LogP contribution in [0.3, 0.4) is 0 Å². The van der Waals surface area contributed by atoms with Crippen LogP contribution in [0, 0.1) is 0 Å². The van der Waals surface area contributed by atoms with Crippen molar-refractivity contribution in [2.75, 3.05) is 49.5 Å². The van der Waals surface area contributed by atoms with Crippen molar-refractivity contribution < 1.29 is 14.4 Å². The zero-order chi connectivity index (χ0) is 21.6. The Hall–Kier alpha value is -3.19. The van der Waals surface area contributed by atoms with E-state index in [4.69, 9.17) is 0 Å². The predicted octanol–water partition coefficient (Wildman–Crippen LogP) is 2.60. The second kappa shape index (κ2) is 9.75. The fraction of sp³-hybridized carbons (Fsp3) is 0.375. The summed E-state index contributed by atoms with van der Waals surface area (Å²) in [4.78, 5) is 42.6. The van der Waals surface area contributed by atoms with Crippen LogP contribution in [-0.2, 0) is 9.59 Å². The van der Waals surface area contributed by atoms with Gasteiger partial charge < -0.3 is 15.1 Å². The third-order valence-corrected chi connectivity index (χ3v) is 5.87. The van der Waals surface area contributed by atoms with E-state index in [1.807, 2.05) is 59.5 Å². The fourth-order valence-electron chi connectivity index (χ4n) is 4.07. The van der Waals surface area contributed by atoms with Gasteiger partial charge >= 0.3 is 0 Å². The lowest BCUT2D eigenvalue weighted by atomic mass is 10.2. The molecule has 2 heterocycles. The Kier molecular flexibility index (Phi) is 6.62. The fourth-order valence-corrected chi connectivity index (χ4v) is 4.07. The highest BCUT2D eigenvalue weighted by atomic mass is 16.2. The van der Waals surface area contributed by atoms with Crippen LogP contribution in [0.15, 0.2) is 54.6 Å². The van der Waals surface area contributed by atoms with E-state index in [0.717, 1.165) is 43.0 Å². The van der Waals surface area contributed by atoms with Gasteiger partial charge in [-0.1, -0.05) is 18.2 Å². The molecule has 7 nitrogen and oxygen atoms in total. The van der Waals surface area contributed by atoms with E-state index in [9.17, 15) is 14.4 Å². The smallest absolute Gasteiger partial charge is 0.253 e. The van der Waals surface area contributed by atoms with E-state index in [-0.39, 0.29) is 17.7 Å². The first kappa shape index (κ1) is 21.1. The number of hydrogen-bond acceptors (Lipinski definition) is 4. The maximum Gasteiger partial charge on any atom is 0.253 e. The van der Waals surface area contributed by atoms with Crippen LogP contribution >= 0.6 is 0 Å².